The Balaban J connectivity index is 3.68. The van der Waals surface area contributed by atoms with E-state index >= 15 is 0 Å². The van der Waals surface area contributed by atoms with Crippen LogP contribution in [0.2, 0.25) is 0 Å². The largest absolute Gasteiger partial charge is 0.418 e. The molecule has 0 fully saturated rings. The van der Waals surface area contributed by atoms with Crippen LogP contribution in [0.1, 0.15) is 0 Å². The number of hydrogen-bond acceptors (Lipinski definition) is 3. The van der Waals surface area contributed by atoms with E-state index in [0.717, 1.165) is 0 Å². The van der Waals surface area contributed by atoms with Gasteiger partial charge in [-0.05, 0) is 28.2 Å². The van der Waals surface area contributed by atoms with Gasteiger partial charge in [0.05, 0.1) is 0 Å². The summed E-state index contributed by atoms with van der Waals surface area (Å²) in [7, 11) is 9.62. The molecule has 0 saturated carbocycles. The zero-order chi connectivity index (χ0) is 7.44. The minimum absolute atomic E-state index is 0.0880. The predicted octanol–water partition coefficient (Wildman–Crippen LogP) is -1.04. The van der Waals surface area contributed by atoms with Crippen LogP contribution in [0.4, 0.5) is 0 Å². The van der Waals surface area contributed by atoms with E-state index in [4.69, 9.17) is 4.65 Å². The highest BCUT2D eigenvalue weighted by molar-refractivity contribution is 5.98. The second-order valence-corrected chi connectivity index (χ2v) is 2.49. The van der Waals surface area contributed by atoms with E-state index in [0.29, 0.717) is 0 Å². The fourth-order valence-corrected chi connectivity index (χ4v) is 0.884. The van der Waals surface area contributed by atoms with Crippen molar-refractivity contribution < 1.29 is 4.65 Å². The third-order valence-electron chi connectivity index (χ3n) is 1.09. The van der Waals surface area contributed by atoms with Gasteiger partial charge in [-0.2, -0.15) is 0 Å². The SMILES string of the molecule is BOC(N(C)C)N(C)C. The van der Waals surface area contributed by atoms with Crippen LogP contribution in [-0.4, -0.2) is 52.4 Å². The Morgan fingerprint density at radius 1 is 1.11 bits per heavy atom. The summed E-state index contributed by atoms with van der Waals surface area (Å²) in [5.41, 5.74) is 0. The molecule has 0 aromatic carbocycles. The lowest BCUT2D eigenvalue weighted by molar-refractivity contribution is -0.0386. The average molecular weight is 130 g/mol. The Bertz CT molecular complexity index is 69.4. The minimum Gasteiger partial charge on any atom is -0.418 e. The molecule has 0 aliphatic carbocycles. The molecule has 0 saturated heterocycles. The summed E-state index contributed by atoms with van der Waals surface area (Å²) in [6.45, 7) is 0. The van der Waals surface area contributed by atoms with Crippen LogP contribution >= 0.6 is 0 Å². The number of hydrogen-bond donors (Lipinski definition) is 0. The molecule has 0 N–H and O–H groups in total. The van der Waals surface area contributed by atoms with Crippen LogP contribution in [0.25, 0.3) is 0 Å². The normalized spacial score (nSPS) is 11.9. The molecule has 0 spiro atoms. The van der Waals surface area contributed by atoms with Gasteiger partial charge in [-0.1, -0.05) is 0 Å². The first kappa shape index (κ1) is 8.94. The van der Waals surface area contributed by atoms with E-state index in [-0.39, 0.29) is 6.35 Å². The van der Waals surface area contributed by atoms with Crippen LogP contribution < -0.4 is 0 Å². The number of nitrogens with zero attached hydrogens (tertiary/aromatic N) is 2. The van der Waals surface area contributed by atoms with Crippen LogP contribution in [0, 0.1) is 0 Å². The molecule has 9 heavy (non-hydrogen) atoms. The lowest BCUT2D eigenvalue weighted by Crippen LogP contribution is -2.42. The Hall–Kier alpha value is -0.0551. The zero-order valence-electron chi connectivity index (χ0n) is 6.88. The van der Waals surface area contributed by atoms with Crippen molar-refractivity contribution in [3.63, 3.8) is 0 Å². The maximum atomic E-state index is 5.12. The highest BCUT2D eigenvalue weighted by Gasteiger charge is 2.09. The van der Waals surface area contributed by atoms with Gasteiger partial charge in [0, 0.05) is 0 Å². The van der Waals surface area contributed by atoms with Crippen molar-refractivity contribution in [2.24, 2.45) is 0 Å². The van der Waals surface area contributed by atoms with Gasteiger partial charge in [0.2, 0.25) is 0 Å². The molecule has 0 aliphatic heterocycles. The minimum atomic E-state index is 0.0880. The van der Waals surface area contributed by atoms with E-state index in [1.165, 1.54) is 0 Å². The summed E-state index contributed by atoms with van der Waals surface area (Å²) < 4.78 is 5.12. The van der Waals surface area contributed by atoms with Crippen molar-refractivity contribution in [2.45, 2.75) is 6.35 Å². The van der Waals surface area contributed by atoms with Gasteiger partial charge in [0.15, 0.2) is 6.35 Å². The lowest BCUT2D eigenvalue weighted by atomic mass is 10.5. The quantitative estimate of drug-likeness (QED) is 0.358. The molecule has 0 bridgehead atoms. The highest BCUT2D eigenvalue weighted by atomic mass is 16.5. The van der Waals surface area contributed by atoms with Crippen molar-refractivity contribution in [3.8, 4) is 0 Å². The van der Waals surface area contributed by atoms with Crippen LogP contribution in [-0.2, 0) is 4.65 Å². The standard InChI is InChI=1S/C5H15BN2O/c1-7(2)5(9-6)8(3)4/h5H,6H2,1-4H3. The molecule has 0 aromatic rings. The molecule has 0 unspecified atom stereocenters. The molecule has 0 aliphatic rings. The Kier molecular flexibility index (Phi) is 3.85. The Morgan fingerprint density at radius 3 is 1.44 bits per heavy atom. The predicted molar refractivity (Wildman–Crippen MR) is 40.8 cm³/mol. The van der Waals surface area contributed by atoms with Gasteiger partial charge < -0.3 is 4.65 Å². The maximum absolute atomic E-state index is 5.12. The first-order valence-electron chi connectivity index (χ1n) is 2.95. The van der Waals surface area contributed by atoms with E-state index in [9.17, 15) is 0 Å². The topological polar surface area (TPSA) is 15.7 Å². The molecule has 4 heteroatoms. The Morgan fingerprint density at radius 2 is 1.44 bits per heavy atom. The molecule has 0 atom stereocenters. The molecule has 0 amide bonds. The van der Waals surface area contributed by atoms with Crippen molar-refractivity contribution in [3.05, 3.63) is 0 Å². The summed E-state index contributed by atoms with van der Waals surface area (Å²) >= 11 is 0. The fraction of sp³-hybridized carbons (Fsp3) is 1.00. The second-order valence-electron chi connectivity index (χ2n) is 2.49. The summed E-state index contributed by atoms with van der Waals surface area (Å²) in [6, 6.07) is 0. The second kappa shape index (κ2) is 3.87. The summed E-state index contributed by atoms with van der Waals surface area (Å²) in [6.07, 6.45) is 0.0880. The fourth-order valence-electron chi connectivity index (χ4n) is 0.884. The zero-order valence-corrected chi connectivity index (χ0v) is 6.88. The van der Waals surface area contributed by atoms with Gasteiger partial charge in [0.1, 0.15) is 0 Å². The van der Waals surface area contributed by atoms with E-state index < -0.39 is 0 Å². The number of rotatable bonds is 3. The summed E-state index contributed by atoms with van der Waals surface area (Å²) in [5.74, 6) is 0. The van der Waals surface area contributed by atoms with Gasteiger partial charge in [-0.15, -0.1) is 0 Å². The first-order chi connectivity index (χ1) is 4.09. The average Bonchev–Trinajstić information content (AvgIpc) is 1.64. The summed E-state index contributed by atoms with van der Waals surface area (Å²) in [5, 5.41) is 0. The smallest absolute Gasteiger partial charge is 0.261 e. The molecule has 3 nitrogen and oxygen atoms in total. The third-order valence-corrected chi connectivity index (χ3v) is 1.09. The van der Waals surface area contributed by atoms with E-state index in [1.54, 1.807) is 8.05 Å². The third kappa shape index (κ3) is 2.84. The van der Waals surface area contributed by atoms with Gasteiger partial charge >= 0.3 is 0 Å². The van der Waals surface area contributed by atoms with Crippen LogP contribution in [0.15, 0.2) is 0 Å². The van der Waals surface area contributed by atoms with Crippen molar-refractivity contribution in [1.82, 2.24) is 9.80 Å². The van der Waals surface area contributed by atoms with Gasteiger partial charge in [0.25, 0.3) is 8.05 Å². The summed E-state index contributed by atoms with van der Waals surface area (Å²) in [4.78, 5) is 4.00. The molecule has 0 heterocycles. The van der Waals surface area contributed by atoms with Crippen LogP contribution in [0.3, 0.4) is 0 Å². The molecular weight excluding hydrogens is 115 g/mol. The maximum Gasteiger partial charge on any atom is 0.261 e. The molecule has 0 rings (SSSR count). The van der Waals surface area contributed by atoms with E-state index in [1.807, 2.05) is 38.0 Å². The molecule has 54 valence electrons. The highest BCUT2D eigenvalue weighted by Crippen LogP contribution is 1.94. The van der Waals surface area contributed by atoms with Crippen molar-refractivity contribution >= 4 is 8.05 Å². The van der Waals surface area contributed by atoms with Gasteiger partial charge in [-0.3, -0.25) is 9.80 Å². The molecule has 0 aromatic heterocycles. The van der Waals surface area contributed by atoms with Crippen molar-refractivity contribution in [1.29, 1.82) is 0 Å². The molecule has 0 radical (unpaired) electrons. The Labute approximate surface area is 58.0 Å². The van der Waals surface area contributed by atoms with Crippen LogP contribution in [0.5, 0.6) is 0 Å². The van der Waals surface area contributed by atoms with Crippen molar-refractivity contribution in [2.75, 3.05) is 28.2 Å². The van der Waals surface area contributed by atoms with Gasteiger partial charge in [-0.25, -0.2) is 0 Å². The first-order valence-corrected chi connectivity index (χ1v) is 2.95. The molecular formula is C5H15BN2O. The lowest BCUT2D eigenvalue weighted by Gasteiger charge is -2.29. The monoisotopic (exact) mass is 130 g/mol. The van der Waals surface area contributed by atoms with E-state index in [2.05, 4.69) is 0 Å².